The van der Waals surface area contributed by atoms with Crippen LogP contribution in [0.2, 0.25) is 0 Å². The third-order valence-corrected chi connectivity index (χ3v) is 5.19. The number of benzene rings is 4. The molecule has 4 aromatic rings. The fourth-order valence-corrected chi connectivity index (χ4v) is 3.44. The lowest BCUT2D eigenvalue weighted by Crippen LogP contribution is -2.19. The number of nitrogens with zero attached hydrogens (tertiary/aromatic N) is 1. The molecule has 0 fully saturated rings. The molecule has 0 saturated heterocycles. The molecular weight excluding hydrogens is 435 g/mol. The molecule has 0 aliphatic heterocycles. The molecule has 6 nitrogen and oxygen atoms in total. The highest BCUT2D eigenvalue weighted by atomic mass is 19.1. The summed E-state index contributed by atoms with van der Waals surface area (Å²) >= 11 is 0. The molecule has 0 saturated carbocycles. The third-order valence-electron chi connectivity index (χ3n) is 5.19. The zero-order chi connectivity index (χ0) is 23.9. The lowest BCUT2D eigenvalue weighted by atomic mass is 10.0. The van der Waals surface area contributed by atoms with Crippen molar-refractivity contribution in [3.63, 3.8) is 0 Å². The molecular formula is C27H21FN2O4. The monoisotopic (exact) mass is 456 g/mol. The quantitative estimate of drug-likeness (QED) is 0.290. The van der Waals surface area contributed by atoms with Crippen LogP contribution in [0.4, 0.5) is 4.39 Å². The number of rotatable bonds is 8. The largest absolute Gasteiger partial charge is 0.488 e. The summed E-state index contributed by atoms with van der Waals surface area (Å²) in [5.74, 6) is -1.10. The summed E-state index contributed by atoms with van der Waals surface area (Å²) in [5, 5.41) is 15.0. The van der Waals surface area contributed by atoms with Crippen LogP contribution in [0.1, 0.15) is 27.0 Å². The van der Waals surface area contributed by atoms with Gasteiger partial charge in [-0.3, -0.25) is 4.79 Å². The standard InChI is InChI=1S/C27H21FN2O4/c28-22-12-7-18(8-13-22)15-26(31)30-29-16-24-23-4-2-1-3-20(23)11-14-25(24)34-17-19-5-9-21(10-6-19)27(32)33/h1-14,16H,15,17H2,(H,30,31)(H,32,33)/b29-16+. The number of amides is 1. The molecule has 0 aromatic heterocycles. The second-order valence-corrected chi connectivity index (χ2v) is 7.59. The van der Waals surface area contributed by atoms with Crippen molar-refractivity contribution in [3.05, 3.63) is 113 Å². The molecule has 4 aromatic carbocycles. The molecule has 0 aliphatic carbocycles. The molecule has 2 N–H and O–H groups in total. The van der Waals surface area contributed by atoms with E-state index in [1.54, 1.807) is 24.3 Å². The Kier molecular flexibility index (Phi) is 6.93. The highest BCUT2D eigenvalue weighted by molar-refractivity contribution is 6.02. The van der Waals surface area contributed by atoms with Gasteiger partial charge in [-0.1, -0.05) is 54.6 Å². The van der Waals surface area contributed by atoms with Crippen molar-refractivity contribution in [2.24, 2.45) is 5.10 Å². The molecule has 0 unspecified atom stereocenters. The van der Waals surface area contributed by atoms with E-state index in [1.165, 1.54) is 30.5 Å². The van der Waals surface area contributed by atoms with Crippen molar-refractivity contribution in [3.8, 4) is 5.75 Å². The molecule has 4 rings (SSSR count). The van der Waals surface area contributed by atoms with E-state index in [0.29, 0.717) is 16.9 Å². The molecule has 7 heteroatoms. The minimum absolute atomic E-state index is 0.0723. The van der Waals surface area contributed by atoms with Gasteiger partial charge in [0, 0.05) is 5.56 Å². The Morgan fingerprint density at radius 3 is 2.35 bits per heavy atom. The number of nitrogens with one attached hydrogen (secondary N) is 1. The number of carboxylic acids is 1. The molecule has 0 bridgehead atoms. The van der Waals surface area contributed by atoms with E-state index >= 15 is 0 Å². The van der Waals surface area contributed by atoms with Crippen LogP contribution in [0.15, 0.2) is 90.0 Å². The van der Waals surface area contributed by atoms with Crippen molar-refractivity contribution in [2.75, 3.05) is 0 Å². The fourth-order valence-electron chi connectivity index (χ4n) is 3.44. The summed E-state index contributed by atoms with van der Waals surface area (Å²) in [6.07, 6.45) is 1.61. The number of halogens is 1. The summed E-state index contributed by atoms with van der Waals surface area (Å²) in [7, 11) is 0. The van der Waals surface area contributed by atoms with Crippen LogP contribution < -0.4 is 10.2 Å². The highest BCUT2D eigenvalue weighted by Gasteiger charge is 2.09. The maximum Gasteiger partial charge on any atom is 0.335 e. The minimum Gasteiger partial charge on any atom is -0.488 e. The maximum atomic E-state index is 13.0. The van der Waals surface area contributed by atoms with Crippen LogP contribution in [0.25, 0.3) is 10.8 Å². The van der Waals surface area contributed by atoms with Crippen molar-refractivity contribution in [1.29, 1.82) is 0 Å². The predicted molar refractivity (Wildman–Crippen MR) is 128 cm³/mol. The summed E-state index contributed by atoms with van der Waals surface area (Å²) in [4.78, 5) is 23.3. The van der Waals surface area contributed by atoms with Crippen LogP contribution in [0.3, 0.4) is 0 Å². The van der Waals surface area contributed by atoms with Crippen LogP contribution in [0.5, 0.6) is 5.75 Å². The lowest BCUT2D eigenvalue weighted by Gasteiger charge is -2.12. The zero-order valence-electron chi connectivity index (χ0n) is 18.1. The number of hydrazone groups is 1. The summed E-state index contributed by atoms with van der Waals surface area (Å²) in [6, 6.07) is 23.7. The Morgan fingerprint density at radius 1 is 0.912 bits per heavy atom. The SMILES string of the molecule is O=C(Cc1ccc(F)cc1)N/N=C/c1c(OCc2ccc(C(=O)O)cc2)ccc2ccccc12. The van der Waals surface area contributed by atoms with Gasteiger partial charge in [0.05, 0.1) is 18.2 Å². The van der Waals surface area contributed by atoms with Crippen LogP contribution in [-0.4, -0.2) is 23.2 Å². The molecule has 0 heterocycles. The first-order valence-corrected chi connectivity index (χ1v) is 10.5. The first-order valence-electron chi connectivity index (χ1n) is 10.5. The van der Waals surface area contributed by atoms with Gasteiger partial charge >= 0.3 is 5.97 Å². The van der Waals surface area contributed by atoms with E-state index < -0.39 is 5.97 Å². The smallest absolute Gasteiger partial charge is 0.335 e. The third kappa shape index (κ3) is 5.63. The van der Waals surface area contributed by atoms with Crippen molar-refractivity contribution in [2.45, 2.75) is 13.0 Å². The van der Waals surface area contributed by atoms with Gasteiger partial charge in [0.2, 0.25) is 5.91 Å². The number of carboxylic acid groups (broad SMARTS) is 1. The summed E-state index contributed by atoms with van der Waals surface area (Å²) in [6.45, 7) is 0.232. The predicted octanol–water partition coefficient (Wildman–Crippen LogP) is 4.95. The zero-order valence-corrected chi connectivity index (χ0v) is 18.1. The summed E-state index contributed by atoms with van der Waals surface area (Å²) in [5.41, 5.74) is 4.90. The summed E-state index contributed by atoms with van der Waals surface area (Å²) < 4.78 is 19.1. The number of carbonyl (C=O) groups excluding carboxylic acids is 1. The molecule has 0 atom stereocenters. The second kappa shape index (κ2) is 10.4. The average Bonchev–Trinajstić information content (AvgIpc) is 2.85. The average molecular weight is 456 g/mol. The van der Waals surface area contributed by atoms with Gasteiger partial charge in [0.15, 0.2) is 0 Å². The minimum atomic E-state index is -0.984. The van der Waals surface area contributed by atoms with Gasteiger partial charge in [-0.05, 0) is 52.2 Å². The first kappa shape index (κ1) is 22.7. The number of hydrogen-bond donors (Lipinski definition) is 2. The maximum absolute atomic E-state index is 13.0. The Hall–Kier alpha value is -4.52. The molecule has 1 amide bonds. The van der Waals surface area contributed by atoms with E-state index in [2.05, 4.69) is 10.5 Å². The van der Waals surface area contributed by atoms with Gasteiger partial charge in [-0.25, -0.2) is 14.6 Å². The van der Waals surface area contributed by atoms with E-state index in [0.717, 1.165) is 16.3 Å². The molecule has 170 valence electrons. The van der Waals surface area contributed by atoms with Crippen molar-refractivity contribution in [1.82, 2.24) is 5.43 Å². The highest BCUT2D eigenvalue weighted by Crippen LogP contribution is 2.27. The molecule has 34 heavy (non-hydrogen) atoms. The van der Waals surface area contributed by atoms with Crippen LogP contribution in [0, 0.1) is 5.82 Å². The first-order chi connectivity index (χ1) is 16.5. The van der Waals surface area contributed by atoms with E-state index in [-0.39, 0.29) is 30.3 Å². The number of aromatic carboxylic acids is 1. The van der Waals surface area contributed by atoms with E-state index in [9.17, 15) is 14.0 Å². The van der Waals surface area contributed by atoms with Crippen molar-refractivity contribution < 1.29 is 23.8 Å². The Bertz CT molecular complexity index is 1350. The number of ether oxygens (including phenoxy) is 1. The topological polar surface area (TPSA) is 88.0 Å². The normalized spacial score (nSPS) is 11.0. The van der Waals surface area contributed by atoms with E-state index in [1.807, 2.05) is 36.4 Å². The van der Waals surface area contributed by atoms with Crippen molar-refractivity contribution >= 4 is 28.9 Å². The van der Waals surface area contributed by atoms with Gasteiger partial charge in [-0.2, -0.15) is 5.10 Å². The van der Waals surface area contributed by atoms with Gasteiger partial charge < -0.3 is 9.84 Å². The van der Waals surface area contributed by atoms with Crippen LogP contribution >= 0.6 is 0 Å². The number of carbonyl (C=O) groups is 2. The molecule has 0 spiro atoms. The van der Waals surface area contributed by atoms with Gasteiger partial charge in [-0.15, -0.1) is 0 Å². The molecule has 0 radical (unpaired) electrons. The Balaban J connectivity index is 1.50. The fraction of sp³-hybridized carbons (Fsp3) is 0.0741. The van der Waals surface area contributed by atoms with Gasteiger partial charge in [0.25, 0.3) is 0 Å². The number of fused-ring (bicyclic) bond motifs is 1. The van der Waals surface area contributed by atoms with E-state index in [4.69, 9.17) is 9.84 Å². The van der Waals surface area contributed by atoms with Gasteiger partial charge in [0.1, 0.15) is 18.2 Å². The second-order valence-electron chi connectivity index (χ2n) is 7.59. The molecule has 0 aliphatic rings. The Morgan fingerprint density at radius 2 is 1.62 bits per heavy atom. The Labute approximate surface area is 195 Å². The lowest BCUT2D eigenvalue weighted by molar-refractivity contribution is -0.120. The van der Waals surface area contributed by atoms with Crippen LogP contribution in [-0.2, 0) is 17.8 Å². The number of hydrogen-bond acceptors (Lipinski definition) is 4.